The normalized spacial score (nSPS) is 12.4. The van der Waals surface area contributed by atoms with Gasteiger partial charge in [-0.25, -0.2) is 8.91 Å². The van der Waals surface area contributed by atoms with E-state index in [9.17, 15) is 4.39 Å². The first kappa shape index (κ1) is 17.4. The van der Waals surface area contributed by atoms with Gasteiger partial charge in [-0.3, -0.25) is 4.98 Å². The van der Waals surface area contributed by atoms with Gasteiger partial charge in [-0.05, 0) is 67.1 Å². The molecule has 1 atom stereocenters. The van der Waals surface area contributed by atoms with Crippen molar-refractivity contribution in [2.45, 2.75) is 19.4 Å². The number of rotatable bonds is 5. The third kappa shape index (κ3) is 3.22. The van der Waals surface area contributed by atoms with Crippen LogP contribution in [0.1, 0.15) is 24.9 Å². The van der Waals surface area contributed by atoms with Crippen molar-refractivity contribution in [3.63, 3.8) is 0 Å². The summed E-state index contributed by atoms with van der Waals surface area (Å²) in [4.78, 5) is 4.12. The molecule has 5 heteroatoms. The molecule has 0 aliphatic carbocycles. The first-order valence-corrected chi connectivity index (χ1v) is 9.07. The number of benzene rings is 1. The van der Waals surface area contributed by atoms with Crippen LogP contribution in [0.4, 0.5) is 4.39 Å². The summed E-state index contributed by atoms with van der Waals surface area (Å²) >= 11 is 0. The summed E-state index contributed by atoms with van der Waals surface area (Å²) in [5.74, 6) is -0.255. The predicted molar refractivity (Wildman–Crippen MR) is 106 cm³/mol. The van der Waals surface area contributed by atoms with Crippen LogP contribution in [0.5, 0.6) is 0 Å². The molecule has 3 aromatic heterocycles. The highest BCUT2D eigenvalue weighted by atomic mass is 19.1. The van der Waals surface area contributed by atoms with E-state index in [0.717, 1.165) is 34.3 Å². The number of hydrogen-bond acceptors (Lipinski definition) is 3. The quantitative estimate of drug-likeness (QED) is 0.552. The zero-order valence-electron chi connectivity index (χ0n) is 15.4. The van der Waals surface area contributed by atoms with Gasteiger partial charge in [0.05, 0.1) is 5.52 Å². The maximum atomic E-state index is 13.4. The second kappa shape index (κ2) is 7.29. The van der Waals surface area contributed by atoms with Gasteiger partial charge in [0.25, 0.3) is 0 Å². The molecule has 136 valence electrons. The summed E-state index contributed by atoms with van der Waals surface area (Å²) in [6.45, 7) is 2.15. The van der Waals surface area contributed by atoms with Crippen molar-refractivity contribution in [3.8, 4) is 22.4 Å². The number of nitrogens with zero attached hydrogens (tertiary/aromatic N) is 3. The monoisotopic (exact) mass is 360 g/mol. The third-order valence-electron chi connectivity index (χ3n) is 4.90. The highest BCUT2D eigenvalue weighted by Crippen LogP contribution is 2.35. The molecule has 0 saturated heterocycles. The Hall–Kier alpha value is -3.05. The van der Waals surface area contributed by atoms with Crippen LogP contribution in [0.2, 0.25) is 0 Å². The molecule has 0 amide bonds. The molecule has 4 aromatic rings. The van der Waals surface area contributed by atoms with E-state index in [1.165, 1.54) is 17.7 Å². The fraction of sp³-hybridized carbons (Fsp3) is 0.182. The SMILES string of the molecule is CC[C@@H](NC)c1ccc2c(-c3ccncc3)c(-c3ccc(F)cc3)nn2c1. The molecule has 0 fully saturated rings. The van der Waals surface area contributed by atoms with Gasteiger partial charge in [0.2, 0.25) is 0 Å². The second-order valence-electron chi connectivity index (χ2n) is 6.51. The smallest absolute Gasteiger partial charge is 0.123 e. The van der Waals surface area contributed by atoms with Crippen LogP contribution in [0.25, 0.3) is 27.9 Å². The molecule has 4 nitrogen and oxygen atoms in total. The summed E-state index contributed by atoms with van der Waals surface area (Å²) in [6.07, 6.45) is 6.61. The molecule has 0 saturated carbocycles. The maximum Gasteiger partial charge on any atom is 0.123 e. The van der Waals surface area contributed by atoms with Crippen LogP contribution in [0.3, 0.4) is 0 Å². The second-order valence-corrected chi connectivity index (χ2v) is 6.51. The molecular formula is C22H21FN4. The van der Waals surface area contributed by atoms with Gasteiger partial charge < -0.3 is 5.32 Å². The van der Waals surface area contributed by atoms with Crippen molar-refractivity contribution in [1.82, 2.24) is 19.9 Å². The average molecular weight is 360 g/mol. The van der Waals surface area contributed by atoms with Crippen molar-refractivity contribution in [2.75, 3.05) is 7.05 Å². The Bertz CT molecular complexity index is 1050. The topological polar surface area (TPSA) is 42.2 Å². The Labute approximate surface area is 157 Å². The molecule has 0 aliphatic rings. The lowest BCUT2D eigenvalue weighted by Crippen LogP contribution is -2.15. The fourth-order valence-corrected chi connectivity index (χ4v) is 3.49. The summed E-state index contributed by atoms with van der Waals surface area (Å²) in [6, 6.07) is 14.9. The Morgan fingerprint density at radius 2 is 1.74 bits per heavy atom. The summed E-state index contributed by atoms with van der Waals surface area (Å²) in [5.41, 5.74) is 5.96. The number of halogens is 1. The minimum atomic E-state index is -0.255. The standard InChI is InChI=1S/C22H21FN4/c1-3-19(24-2)17-6-9-20-21(15-10-12-25-13-11-15)22(26-27(20)14-17)16-4-7-18(23)8-5-16/h4-14,19,24H,3H2,1-2H3/t19-/m1/s1. The van der Waals surface area contributed by atoms with Gasteiger partial charge in [-0.2, -0.15) is 5.10 Å². The molecule has 0 radical (unpaired) electrons. The van der Waals surface area contributed by atoms with E-state index in [2.05, 4.69) is 35.6 Å². The molecular weight excluding hydrogens is 339 g/mol. The molecule has 0 spiro atoms. The van der Waals surface area contributed by atoms with E-state index >= 15 is 0 Å². The van der Waals surface area contributed by atoms with Gasteiger partial charge in [-0.15, -0.1) is 0 Å². The molecule has 27 heavy (non-hydrogen) atoms. The third-order valence-corrected chi connectivity index (χ3v) is 4.90. The average Bonchev–Trinajstić information content (AvgIpc) is 3.09. The van der Waals surface area contributed by atoms with E-state index in [1.807, 2.05) is 23.7 Å². The van der Waals surface area contributed by atoms with Gasteiger partial charge >= 0.3 is 0 Å². The molecule has 0 aliphatic heterocycles. The molecule has 0 bridgehead atoms. The van der Waals surface area contributed by atoms with Crippen molar-refractivity contribution < 1.29 is 4.39 Å². The first-order valence-electron chi connectivity index (χ1n) is 9.07. The minimum Gasteiger partial charge on any atom is -0.313 e. The van der Waals surface area contributed by atoms with E-state index in [-0.39, 0.29) is 11.9 Å². The van der Waals surface area contributed by atoms with Crippen molar-refractivity contribution in [3.05, 3.63) is 78.5 Å². The first-order chi connectivity index (χ1) is 13.2. The Kier molecular flexibility index (Phi) is 4.69. The van der Waals surface area contributed by atoms with Gasteiger partial charge in [-0.1, -0.05) is 13.0 Å². The van der Waals surface area contributed by atoms with Gasteiger partial charge in [0.1, 0.15) is 11.5 Å². The lowest BCUT2D eigenvalue weighted by molar-refractivity contribution is 0.573. The number of nitrogens with one attached hydrogen (secondary N) is 1. The Morgan fingerprint density at radius 1 is 1.00 bits per heavy atom. The van der Waals surface area contributed by atoms with E-state index in [4.69, 9.17) is 5.10 Å². The molecule has 1 N–H and O–H groups in total. The van der Waals surface area contributed by atoms with Crippen molar-refractivity contribution in [2.24, 2.45) is 0 Å². The lowest BCUT2D eigenvalue weighted by atomic mass is 10.00. The maximum absolute atomic E-state index is 13.4. The highest BCUT2D eigenvalue weighted by molar-refractivity contribution is 5.92. The summed E-state index contributed by atoms with van der Waals surface area (Å²) in [5, 5.41) is 8.18. The van der Waals surface area contributed by atoms with Gasteiger partial charge in [0, 0.05) is 35.8 Å². The highest BCUT2D eigenvalue weighted by Gasteiger charge is 2.18. The van der Waals surface area contributed by atoms with Crippen molar-refractivity contribution >= 4 is 5.52 Å². The number of hydrogen-bond donors (Lipinski definition) is 1. The van der Waals surface area contributed by atoms with Crippen LogP contribution in [0.15, 0.2) is 67.1 Å². The Morgan fingerprint density at radius 3 is 2.41 bits per heavy atom. The predicted octanol–water partition coefficient (Wildman–Crippen LogP) is 4.87. The van der Waals surface area contributed by atoms with E-state index in [0.29, 0.717) is 0 Å². The van der Waals surface area contributed by atoms with E-state index in [1.54, 1.807) is 24.5 Å². The molecule has 4 rings (SSSR count). The fourth-order valence-electron chi connectivity index (χ4n) is 3.49. The zero-order valence-corrected chi connectivity index (χ0v) is 15.4. The molecule has 3 heterocycles. The van der Waals surface area contributed by atoms with Crippen LogP contribution >= 0.6 is 0 Å². The van der Waals surface area contributed by atoms with Crippen molar-refractivity contribution in [1.29, 1.82) is 0 Å². The van der Waals surface area contributed by atoms with E-state index < -0.39 is 0 Å². The number of fused-ring (bicyclic) bond motifs is 1. The minimum absolute atomic E-state index is 0.255. The number of aromatic nitrogens is 3. The van der Waals surface area contributed by atoms with Gasteiger partial charge in [0.15, 0.2) is 0 Å². The van der Waals surface area contributed by atoms with Crippen LogP contribution < -0.4 is 5.32 Å². The Balaban J connectivity index is 1.96. The summed E-state index contributed by atoms with van der Waals surface area (Å²) < 4.78 is 15.3. The van der Waals surface area contributed by atoms with Crippen LogP contribution in [0, 0.1) is 5.82 Å². The van der Waals surface area contributed by atoms with Crippen LogP contribution in [-0.2, 0) is 0 Å². The number of pyridine rings is 2. The largest absolute Gasteiger partial charge is 0.313 e. The van der Waals surface area contributed by atoms with Crippen LogP contribution in [-0.4, -0.2) is 21.6 Å². The molecule has 1 aromatic carbocycles. The molecule has 0 unspecified atom stereocenters. The zero-order chi connectivity index (χ0) is 18.8. The summed E-state index contributed by atoms with van der Waals surface area (Å²) in [7, 11) is 1.97. The lowest BCUT2D eigenvalue weighted by Gasteiger charge is -2.14.